The highest BCUT2D eigenvalue weighted by atomic mass is 127. The Hall–Kier alpha value is 0.200. The van der Waals surface area contributed by atoms with Crippen LogP contribution in [-0.4, -0.2) is 6.04 Å². The van der Waals surface area contributed by atoms with Gasteiger partial charge < -0.3 is 5.73 Å². The number of rotatable bonds is 2. The van der Waals surface area contributed by atoms with E-state index in [0.29, 0.717) is 0 Å². The zero-order valence-corrected chi connectivity index (χ0v) is 9.76. The van der Waals surface area contributed by atoms with Gasteiger partial charge in [-0.2, -0.15) is 0 Å². The van der Waals surface area contributed by atoms with E-state index in [4.69, 9.17) is 17.3 Å². The van der Waals surface area contributed by atoms with E-state index in [-0.39, 0.29) is 6.04 Å². The van der Waals surface area contributed by atoms with Crippen LogP contribution in [0, 0.1) is 3.57 Å². The van der Waals surface area contributed by atoms with Gasteiger partial charge in [0, 0.05) is 9.61 Å². The smallest absolute Gasteiger partial charge is 0.0542 e. The van der Waals surface area contributed by atoms with Crippen LogP contribution in [0.2, 0.25) is 5.02 Å². The van der Waals surface area contributed by atoms with Crippen molar-refractivity contribution >= 4 is 34.2 Å². The fourth-order valence-corrected chi connectivity index (χ4v) is 1.83. The van der Waals surface area contributed by atoms with Gasteiger partial charge in [-0.3, -0.25) is 0 Å². The lowest BCUT2D eigenvalue weighted by atomic mass is 10.1. The maximum Gasteiger partial charge on any atom is 0.0542 e. The monoisotopic (exact) mass is 295 g/mol. The van der Waals surface area contributed by atoms with Crippen LogP contribution in [0.1, 0.15) is 12.5 Å². The van der Waals surface area contributed by atoms with E-state index in [0.717, 1.165) is 15.0 Å². The van der Waals surface area contributed by atoms with Crippen LogP contribution in [0.5, 0.6) is 0 Å². The molecule has 0 bridgehead atoms. The van der Waals surface area contributed by atoms with Crippen LogP contribution in [0.25, 0.3) is 0 Å². The lowest BCUT2D eigenvalue weighted by molar-refractivity contribution is 0.736. The van der Waals surface area contributed by atoms with Gasteiger partial charge in [0.2, 0.25) is 0 Å². The summed E-state index contributed by atoms with van der Waals surface area (Å²) in [7, 11) is 0. The normalized spacial score (nSPS) is 13.0. The summed E-state index contributed by atoms with van der Waals surface area (Å²) < 4.78 is 1.12. The van der Waals surface area contributed by atoms with Crippen LogP contribution < -0.4 is 5.73 Å². The third-order valence-electron chi connectivity index (χ3n) is 1.57. The molecule has 12 heavy (non-hydrogen) atoms. The molecule has 0 aliphatic carbocycles. The Bertz CT molecular complexity index is 273. The van der Waals surface area contributed by atoms with E-state index in [1.165, 1.54) is 5.56 Å². The quantitative estimate of drug-likeness (QED) is 0.834. The van der Waals surface area contributed by atoms with Crippen molar-refractivity contribution in [2.45, 2.75) is 19.4 Å². The molecule has 1 unspecified atom stereocenters. The first-order valence-corrected chi connectivity index (χ1v) is 5.25. The first-order chi connectivity index (χ1) is 5.61. The summed E-state index contributed by atoms with van der Waals surface area (Å²) in [5, 5.41) is 0.814. The molecule has 1 nitrogen and oxygen atoms in total. The Labute approximate surface area is 91.4 Å². The van der Waals surface area contributed by atoms with Crippen molar-refractivity contribution in [3.05, 3.63) is 32.4 Å². The molecule has 0 fully saturated rings. The number of benzene rings is 1. The summed E-state index contributed by atoms with van der Waals surface area (Å²) in [4.78, 5) is 0. The zero-order valence-electron chi connectivity index (χ0n) is 6.85. The molecule has 0 amide bonds. The third-order valence-corrected chi connectivity index (χ3v) is 3.48. The molecule has 3 heteroatoms. The van der Waals surface area contributed by atoms with Gasteiger partial charge in [-0.05, 0) is 47.6 Å². The second-order valence-electron chi connectivity index (χ2n) is 2.89. The second kappa shape index (κ2) is 4.44. The van der Waals surface area contributed by atoms with E-state index in [1.54, 1.807) is 0 Å². The number of nitrogens with two attached hydrogens (primary N) is 1. The summed E-state index contributed by atoms with van der Waals surface area (Å²) in [6, 6.07) is 6.12. The molecule has 0 spiro atoms. The Morgan fingerprint density at radius 3 is 2.83 bits per heavy atom. The van der Waals surface area contributed by atoms with Crippen molar-refractivity contribution in [3.8, 4) is 0 Å². The largest absolute Gasteiger partial charge is 0.328 e. The maximum atomic E-state index is 5.95. The van der Waals surface area contributed by atoms with E-state index in [1.807, 2.05) is 19.1 Å². The summed E-state index contributed by atoms with van der Waals surface area (Å²) >= 11 is 8.20. The van der Waals surface area contributed by atoms with Gasteiger partial charge in [0.25, 0.3) is 0 Å². The minimum absolute atomic E-state index is 0.192. The minimum Gasteiger partial charge on any atom is -0.328 e. The molecular formula is C9H11ClIN. The van der Waals surface area contributed by atoms with E-state index < -0.39 is 0 Å². The molecular weight excluding hydrogens is 284 g/mol. The van der Waals surface area contributed by atoms with Crippen molar-refractivity contribution in [3.63, 3.8) is 0 Å². The van der Waals surface area contributed by atoms with E-state index in [2.05, 4.69) is 28.7 Å². The number of halogens is 2. The fraction of sp³-hybridized carbons (Fsp3) is 0.333. The molecule has 1 rings (SSSR count). The molecule has 0 heterocycles. The fourth-order valence-electron chi connectivity index (χ4n) is 1.05. The standard InChI is InChI=1S/C9H11ClIN/c1-6(12)5-7-3-2-4-8(10)9(7)11/h2-4,6H,5,12H2,1H3. The summed E-state index contributed by atoms with van der Waals surface area (Å²) in [6.07, 6.45) is 0.888. The van der Waals surface area contributed by atoms with Crippen LogP contribution in [0.15, 0.2) is 18.2 Å². The van der Waals surface area contributed by atoms with Crippen LogP contribution in [0.4, 0.5) is 0 Å². The molecule has 0 aliphatic rings. The van der Waals surface area contributed by atoms with Gasteiger partial charge >= 0.3 is 0 Å². The molecule has 0 aliphatic heterocycles. The van der Waals surface area contributed by atoms with Crippen molar-refractivity contribution in [2.75, 3.05) is 0 Å². The summed E-state index contributed by atoms with van der Waals surface area (Å²) in [6.45, 7) is 2.00. The van der Waals surface area contributed by atoms with Crippen molar-refractivity contribution in [1.29, 1.82) is 0 Å². The first-order valence-electron chi connectivity index (χ1n) is 3.79. The molecule has 66 valence electrons. The van der Waals surface area contributed by atoms with Gasteiger partial charge in [-0.25, -0.2) is 0 Å². The van der Waals surface area contributed by atoms with Crippen LogP contribution in [0.3, 0.4) is 0 Å². The van der Waals surface area contributed by atoms with Gasteiger partial charge in [0.15, 0.2) is 0 Å². The molecule has 1 atom stereocenters. The number of hydrogen-bond donors (Lipinski definition) is 1. The van der Waals surface area contributed by atoms with Crippen molar-refractivity contribution in [1.82, 2.24) is 0 Å². The van der Waals surface area contributed by atoms with Gasteiger partial charge in [-0.1, -0.05) is 23.7 Å². The lowest BCUT2D eigenvalue weighted by Gasteiger charge is -2.08. The van der Waals surface area contributed by atoms with Crippen molar-refractivity contribution in [2.24, 2.45) is 5.73 Å². The van der Waals surface area contributed by atoms with E-state index >= 15 is 0 Å². The maximum absolute atomic E-state index is 5.95. The predicted octanol–water partition coefficient (Wildman–Crippen LogP) is 2.83. The average molecular weight is 296 g/mol. The van der Waals surface area contributed by atoms with E-state index in [9.17, 15) is 0 Å². The Kier molecular flexibility index (Phi) is 3.80. The molecule has 0 aromatic heterocycles. The van der Waals surface area contributed by atoms with Crippen LogP contribution in [-0.2, 0) is 6.42 Å². The minimum atomic E-state index is 0.192. The lowest BCUT2D eigenvalue weighted by Crippen LogP contribution is -2.18. The topological polar surface area (TPSA) is 26.0 Å². The summed E-state index contributed by atoms with van der Waals surface area (Å²) in [5.41, 5.74) is 6.93. The number of hydrogen-bond acceptors (Lipinski definition) is 1. The molecule has 0 saturated heterocycles. The zero-order chi connectivity index (χ0) is 9.14. The summed E-state index contributed by atoms with van der Waals surface area (Å²) in [5.74, 6) is 0. The third kappa shape index (κ3) is 2.61. The first kappa shape index (κ1) is 10.3. The highest BCUT2D eigenvalue weighted by molar-refractivity contribution is 14.1. The van der Waals surface area contributed by atoms with Gasteiger partial charge in [0.05, 0.1) is 5.02 Å². The highest BCUT2D eigenvalue weighted by Gasteiger charge is 2.04. The Balaban J connectivity index is 2.92. The molecule has 0 radical (unpaired) electrons. The Morgan fingerprint density at radius 2 is 2.25 bits per heavy atom. The molecule has 0 saturated carbocycles. The molecule has 2 N–H and O–H groups in total. The van der Waals surface area contributed by atoms with Crippen LogP contribution >= 0.6 is 34.2 Å². The molecule has 1 aromatic rings. The highest BCUT2D eigenvalue weighted by Crippen LogP contribution is 2.22. The second-order valence-corrected chi connectivity index (χ2v) is 4.38. The van der Waals surface area contributed by atoms with Gasteiger partial charge in [-0.15, -0.1) is 0 Å². The predicted molar refractivity (Wildman–Crippen MR) is 61.5 cm³/mol. The average Bonchev–Trinajstić information content (AvgIpc) is 1.98. The Morgan fingerprint density at radius 1 is 1.58 bits per heavy atom. The SMILES string of the molecule is CC(N)Cc1cccc(Cl)c1I. The molecule has 1 aromatic carbocycles. The van der Waals surface area contributed by atoms with Gasteiger partial charge in [0.1, 0.15) is 0 Å². The van der Waals surface area contributed by atoms with Crippen molar-refractivity contribution < 1.29 is 0 Å².